The molecule has 1 N–H and O–H groups in total. The minimum Gasteiger partial charge on any atom is -0.296 e. The summed E-state index contributed by atoms with van der Waals surface area (Å²) in [6.07, 6.45) is 0. The van der Waals surface area contributed by atoms with Crippen LogP contribution in [0.3, 0.4) is 0 Å². The second kappa shape index (κ2) is 8.39. The summed E-state index contributed by atoms with van der Waals surface area (Å²) in [5.41, 5.74) is 0.366. The number of aromatic nitrogens is 2. The topological polar surface area (TPSA) is 72.0 Å². The largest absolute Gasteiger partial charge is 0.296 e. The van der Waals surface area contributed by atoms with Gasteiger partial charge in [-0.2, -0.15) is 0 Å². The molecule has 26 heavy (non-hydrogen) atoms. The van der Waals surface area contributed by atoms with Gasteiger partial charge in [-0.1, -0.05) is 71.1 Å². The van der Waals surface area contributed by atoms with Crippen LogP contribution in [0.2, 0.25) is 5.02 Å². The lowest BCUT2D eigenvalue weighted by Gasteiger charge is -2.04. The molecule has 9 heteroatoms. The van der Waals surface area contributed by atoms with E-state index in [2.05, 4.69) is 15.5 Å². The van der Waals surface area contributed by atoms with Crippen LogP contribution in [0.5, 0.6) is 0 Å². The molecule has 1 aromatic heterocycles. The van der Waals surface area contributed by atoms with Crippen LogP contribution in [0.15, 0.2) is 52.9 Å². The number of halogens is 2. The van der Waals surface area contributed by atoms with Crippen LogP contribution in [0, 0.1) is 5.82 Å². The lowest BCUT2D eigenvalue weighted by atomic mass is 10.2. The van der Waals surface area contributed by atoms with Crippen molar-refractivity contribution in [2.75, 3.05) is 11.1 Å². The van der Waals surface area contributed by atoms with Gasteiger partial charge in [0, 0.05) is 5.56 Å². The van der Waals surface area contributed by atoms with Gasteiger partial charge in [-0.15, -0.1) is 10.2 Å². The highest BCUT2D eigenvalue weighted by atomic mass is 35.5. The van der Waals surface area contributed by atoms with Gasteiger partial charge in [0.1, 0.15) is 5.82 Å². The van der Waals surface area contributed by atoms with E-state index in [4.69, 9.17) is 11.6 Å². The molecule has 0 aliphatic rings. The Morgan fingerprint density at radius 3 is 2.62 bits per heavy atom. The zero-order valence-corrected chi connectivity index (χ0v) is 15.5. The Hall–Kier alpha value is -2.29. The molecule has 0 saturated heterocycles. The average molecular weight is 408 g/mol. The molecular formula is C17H11ClFN3O2S2. The van der Waals surface area contributed by atoms with Gasteiger partial charge in [-0.3, -0.25) is 14.9 Å². The van der Waals surface area contributed by atoms with Crippen molar-refractivity contribution in [2.24, 2.45) is 0 Å². The van der Waals surface area contributed by atoms with Crippen molar-refractivity contribution in [3.05, 3.63) is 70.5 Å². The zero-order chi connectivity index (χ0) is 18.5. The van der Waals surface area contributed by atoms with Crippen molar-refractivity contribution in [2.45, 2.75) is 4.34 Å². The Morgan fingerprint density at radius 2 is 1.88 bits per heavy atom. The number of nitrogens with zero attached hydrogens (tertiary/aromatic N) is 2. The number of ketones is 1. The third-order valence-electron chi connectivity index (χ3n) is 3.24. The Morgan fingerprint density at radius 1 is 1.12 bits per heavy atom. The molecule has 0 bridgehead atoms. The highest BCUT2D eigenvalue weighted by molar-refractivity contribution is 8.01. The third-order valence-corrected chi connectivity index (χ3v) is 5.53. The van der Waals surface area contributed by atoms with E-state index in [0.717, 1.165) is 17.4 Å². The van der Waals surface area contributed by atoms with Gasteiger partial charge in [-0.25, -0.2) is 4.39 Å². The van der Waals surface area contributed by atoms with Crippen LogP contribution < -0.4 is 5.32 Å². The number of carbonyl (C=O) groups is 2. The van der Waals surface area contributed by atoms with Gasteiger partial charge in [0.05, 0.1) is 16.3 Å². The van der Waals surface area contributed by atoms with E-state index < -0.39 is 11.7 Å². The van der Waals surface area contributed by atoms with Crippen molar-refractivity contribution in [3.63, 3.8) is 0 Å². The number of carbonyl (C=O) groups excluding carboxylic acids is 2. The third kappa shape index (κ3) is 4.46. The quantitative estimate of drug-likeness (QED) is 0.368. The van der Waals surface area contributed by atoms with E-state index in [0.29, 0.717) is 9.90 Å². The van der Waals surface area contributed by atoms with Crippen LogP contribution in [0.4, 0.5) is 9.52 Å². The molecule has 0 aliphatic heterocycles. The zero-order valence-electron chi connectivity index (χ0n) is 13.1. The molecule has 5 nitrogen and oxygen atoms in total. The second-order valence-electron chi connectivity index (χ2n) is 5.00. The smallest absolute Gasteiger partial charge is 0.261 e. The summed E-state index contributed by atoms with van der Waals surface area (Å²) in [6, 6.07) is 12.9. The summed E-state index contributed by atoms with van der Waals surface area (Å²) in [5, 5.41) is 10.4. The average Bonchev–Trinajstić information content (AvgIpc) is 3.07. The van der Waals surface area contributed by atoms with Crippen LogP contribution in [0.1, 0.15) is 20.7 Å². The minimum absolute atomic E-state index is 0.00933. The molecule has 0 aliphatic carbocycles. The number of hydrogen-bond donors (Lipinski definition) is 1. The SMILES string of the molecule is O=C(CSc1nnc(NC(=O)c2c(F)cccc2Cl)s1)c1ccccc1. The molecule has 3 aromatic rings. The van der Waals surface area contributed by atoms with Crippen LogP contribution in [0.25, 0.3) is 0 Å². The van der Waals surface area contributed by atoms with Crippen LogP contribution in [-0.4, -0.2) is 27.6 Å². The molecule has 132 valence electrons. The van der Waals surface area contributed by atoms with E-state index in [1.807, 2.05) is 6.07 Å². The number of rotatable bonds is 6. The lowest BCUT2D eigenvalue weighted by Crippen LogP contribution is -2.14. The molecule has 2 aromatic carbocycles. The van der Waals surface area contributed by atoms with Gasteiger partial charge < -0.3 is 0 Å². The molecular weight excluding hydrogens is 397 g/mol. The first-order valence-electron chi connectivity index (χ1n) is 7.34. The van der Waals surface area contributed by atoms with E-state index in [1.54, 1.807) is 24.3 Å². The van der Waals surface area contributed by atoms with Gasteiger partial charge >= 0.3 is 0 Å². The minimum atomic E-state index is -0.720. The number of thioether (sulfide) groups is 1. The number of hydrogen-bond acceptors (Lipinski definition) is 6. The number of Topliss-reactive ketones (excluding diaryl/α,β-unsaturated/α-hetero) is 1. The maximum atomic E-state index is 13.8. The Labute approximate surface area is 161 Å². The predicted molar refractivity (Wildman–Crippen MR) is 101 cm³/mol. The molecule has 0 unspecified atom stereocenters. The monoisotopic (exact) mass is 407 g/mol. The summed E-state index contributed by atoms with van der Waals surface area (Å²) in [4.78, 5) is 24.2. The van der Waals surface area contributed by atoms with Gasteiger partial charge in [0.25, 0.3) is 5.91 Å². The summed E-state index contributed by atoms with van der Waals surface area (Å²) >= 11 is 8.18. The first kappa shape index (κ1) is 18.5. The molecule has 3 rings (SSSR count). The summed E-state index contributed by atoms with van der Waals surface area (Å²) < 4.78 is 14.3. The van der Waals surface area contributed by atoms with Gasteiger partial charge in [0.15, 0.2) is 10.1 Å². The summed E-state index contributed by atoms with van der Waals surface area (Å²) in [6.45, 7) is 0. The predicted octanol–water partition coefficient (Wildman–Crippen LogP) is 4.56. The molecule has 0 atom stereocenters. The number of anilines is 1. The molecule has 0 radical (unpaired) electrons. The fourth-order valence-corrected chi connectivity index (χ4v) is 3.92. The Kier molecular flexibility index (Phi) is 5.97. The van der Waals surface area contributed by atoms with Crippen molar-refractivity contribution < 1.29 is 14.0 Å². The van der Waals surface area contributed by atoms with Gasteiger partial charge in [-0.05, 0) is 12.1 Å². The van der Waals surface area contributed by atoms with Crippen molar-refractivity contribution in [1.82, 2.24) is 10.2 Å². The Bertz CT molecular complexity index is 930. The second-order valence-corrected chi connectivity index (χ2v) is 7.61. The maximum Gasteiger partial charge on any atom is 0.261 e. The van der Waals surface area contributed by atoms with Crippen LogP contribution >= 0.6 is 34.7 Å². The molecule has 1 heterocycles. The first-order valence-corrected chi connectivity index (χ1v) is 9.52. The highest BCUT2D eigenvalue weighted by Gasteiger charge is 2.18. The van der Waals surface area contributed by atoms with E-state index >= 15 is 0 Å². The van der Waals surface area contributed by atoms with Gasteiger partial charge in [0.2, 0.25) is 5.13 Å². The van der Waals surface area contributed by atoms with Crippen molar-refractivity contribution in [3.8, 4) is 0 Å². The van der Waals surface area contributed by atoms with Crippen molar-refractivity contribution >= 4 is 51.5 Å². The fraction of sp³-hybridized carbons (Fsp3) is 0.0588. The lowest BCUT2D eigenvalue weighted by molar-refractivity contribution is 0.101. The van der Waals surface area contributed by atoms with Crippen LogP contribution in [-0.2, 0) is 0 Å². The van der Waals surface area contributed by atoms with E-state index in [9.17, 15) is 14.0 Å². The summed E-state index contributed by atoms with van der Waals surface area (Å²) in [5.74, 6) is -1.26. The number of nitrogens with one attached hydrogen (secondary N) is 1. The number of benzene rings is 2. The molecule has 0 fully saturated rings. The first-order chi connectivity index (χ1) is 12.5. The fourth-order valence-electron chi connectivity index (χ4n) is 2.03. The van der Waals surface area contributed by atoms with Crippen molar-refractivity contribution in [1.29, 1.82) is 0 Å². The molecule has 0 spiro atoms. The standard InChI is InChI=1S/C17H11ClFN3O2S2/c18-11-7-4-8-12(19)14(11)15(24)20-16-21-22-17(26-16)25-9-13(23)10-5-2-1-3-6-10/h1-8H,9H2,(H,20,21,24). The Balaban J connectivity index is 1.61. The highest BCUT2D eigenvalue weighted by Crippen LogP contribution is 2.27. The molecule has 1 amide bonds. The van der Waals surface area contributed by atoms with E-state index in [-0.39, 0.29) is 27.3 Å². The maximum absolute atomic E-state index is 13.8. The molecule has 0 saturated carbocycles. The summed E-state index contributed by atoms with van der Waals surface area (Å²) in [7, 11) is 0. The van der Waals surface area contributed by atoms with E-state index in [1.165, 1.54) is 23.9 Å². The normalized spacial score (nSPS) is 10.5. The number of amides is 1.